The van der Waals surface area contributed by atoms with Crippen LogP contribution in [0.2, 0.25) is 0 Å². The number of nitrogens with one attached hydrogen (secondary N) is 1. The molecule has 0 unspecified atom stereocenters. The third-order valence-corrected chi connectivity index (χ3v) is 4.40. The van der Waals surface area contributed by atoms with Crippen molar-refractivity contribution in [3.8, 4) is 5.75 Å². The minimum atomic E-state index is -0.678. The summed E-state index contributed by atoms with van der Waals surface area (Å²) in [6, 6.07) is 10.2. The molecule has 1 N–H and O–H groups in total. The predicted octanol–water partition coefficient (Wildman–Crippen LogP) is 3.34. The molecule has 0 bridgehead atoms. The van der Waals surface area contributed by atoms with Crippen LogP contribution >= 0.6 is 0 Å². The number of hydrogen-bond acceptors (Lipinski definition) is 8. The minimum Gasteiger partial charge on any atom is -0.490 e. The number of carbonyl (C=O) groups excluding carboxylic acids is 4. The van der Waals surface area contributed by atoms with Crippen molar-refractivity contribution in [2.75, 3.05) is 19.0 Å². The maximum absolute atomic E-state index is 12.2. The van der Waals surface area contributed by atoms with Gasteiger partial charge >= 0.3 is 11.7 Å². The molecule has 0 radical (unpaired) electrons. The number of amides is 1. The summed E-state index contributed by atoms with van der Waals surface area (Å²) in [5.41, 5.74) is 0.588. The first kappa shape index (κ1) is 24.2. The highest BCUT2D eigenvalue weighted by Gasteiger charge is 2.19. The second-order valence-electron chi connectivity index (χ2n) is 6.77. The van der Waals surface area contributed by atoms with Gasteiger partial charge in [-0.2, -0.15) is 0 Å². The molecule has 168 valence electrons. The van der Waals surface area contributed by atoms with Gasteiger partial charge in [0.1, 0.15) is 0 Å². The van der Waals surface area contributed by atoms with Gasteiger partial charge in [-0.25, -0.2) is 0 Å². The zero-order valence-corrected chi connectivity index (χ0v) is 17.6. The van der Waals surface area contributed by atoms with Crippen molar-refractivity contribution in [2.45, 2.75) is 26.2 Å². The number of carbonyl (C=O) groups is 4. The Bertz CT molecular complexity index is 1050. The molecule has 0 aliphatic carbocycles. The number of anilines is 1. The van der Waals surface area contributed by atoms with Crippen LogP contribution in [0.3, 0.4) is 0 Å². The van der Waals surface area contributed by atoms with Gasteiger partial charge in [0, 0.05) is 35.7 Å². The van der Waals surface area contributed by atoms with Crippen molar-refractivity contribution in [3.05, 3.63) is 63.7 Å². The van der Waals surface area contributed by atoms with E-state index in [1.165, 1.54) is 26.2 Å². The van der Waals surface area contributed by atoms with E-state index in [-0.39, 0.29) is 48.0 Å². The molecule has 10 heteroatoms. The molecule has 10 nitrogen and oxygen atoms in total. The molecular formula is C22H22N2O8. The third kappa shape index (κ3) is 7.01. The van der Waals surface area contributed by atoms with Crippen LogP contribution in [-0.4, -0.2) is 42.1 Å². The van der Waals surface area contributed by atoms with Crippen LogP contribution < -0.4 is 10.1 Å². The number of nitro benzene ring substituents is 1. The second kappa shape index (κ2) is 11.3. The molecule has 0 aliphatic heterocycles. The number of hydrogen-bond donors (Lipinski definition) is 1. The molecule has 0 atom stereocenters. The number of ether oxygens (including phenoxy) is 2. The molecule has 0 aliphatic rings. The SMILES string of the molecule is COc1ccc(C(=O)COC(=O)CCCC(=O)Nc2cccc(C(C)=O)c2)cc1[N+](=O)[O-]. The van der Waals surface area contributed by atoms with Crippen molar-refractivity contribution in [3.63, 3.8) is 0 Å². The zero-order chi connectivity index (χ0) is 23.7. The molecule has 0 saturated heterocycles. The fraction of sp³-hybridized carbons (Fsp3) is 0.273. The van der Waals surface area contributed by atoms with Crippen molar-refractivity contribution in [2.24, 2.45) is 0 Å². The van der Waals surface area contributed by atoms with Gasteiger partial charge in [-0.15, -0.1) is 0 Å². The number of benzene rings is 2. The van der Waals surface area contributed by atoms with Crippen LogP contribution in [0.1, 0.15) is 46.9 Å². The van der Waals surface area contributed by atoms with Crippen LogP contribution in [-0.2, 0) is 14.3 Å². The zero-order valence-electron chi connectivity index (χ0n) is 17.6. The van der Waals surface area contributed by atoms with Gasteiger partial charge in [-0.3, -0.25) is 29.3 Å². The van der Waals surface area contributed by atoms with Crippen molar-refractivity contribution < 1.29 is 33.6 Å². The van der Waals surface area contributed by atoms with Gasteiger partial charge in [0.05, 0.1) is 12.0 Å². The Balaban J connectivity index is 1.77. The van der Waals surface area contributed by atoms with Gasteiger partial charge in [-0.05, 0) is 37.6 Å². The van der Waals surface area contributed by atoms with Crippen molar-refractivity contribution in [1.82, 2.24) is 0 Å². The van der Waals surface area contributed by atoms with Crippen LogP contribution in [0, 0.1) is 10.1 Å². The van der Waals surface area contributed by atoms with Crippen LogP contribution in [0.4, 0.5) is 11.4 Å². The molecule has 2 aromatic carbocycles. The smallest absolute Gasteiger partial charge is 0.311 e. The first-order chi connectivity index (χ1) is 15.2. The van der Waals surface area contributed by atoms with E-state index in [0.717, 1.165) is 6.07 Å². The average Bonchev–Trinajstić information content (AvgIpc) is 2.77. The van der Waals surface area contributed by atoms with Gasteiger partial charge in [0.25, 0.3) is 0 Å². The number of rotatable bonds is 11. The molecule has 1 amide bonds. The Labute approximate surface area is 183 Å². The van der Waals surface area contributed by atoms with E-state index >= 15 is 0 Å². The number of nitrogens with zero attached hydrogens (tertiary/aromatic N) is 1. The standard InChI is InChI=1S/C22H22N2O8/c1-14(25)15-5-3-6-17(11-15)23-21(27)7-4-8-22(28)32-13-19(26)16-9-10-20(31-2)18(12-16)24(29)30/h3,5-6,9-12H,4,7-8,13H2,1-2H3,(H,23,27). The lowest BCUT2D eigenvalue weighted by atomic mass is 10.1. The van der Waals surface area contributed by atoms with Gasteiger partial charge in [0.15, 0.2) is 18.1 Å². The number of esters is 1. The largest absolute Gasteiger partial charge is 0.490 e. The summed E-state index contributed by atoms with van der Waals surface area (Å²) < 4.78 is 9.77. The molecule has 0 fully saturated rings. The van der Waals surface area contributed by atoms with Crippen LogP contribution in [0.25, 0.3) is 0 Å². The Morgan fingerprint density at radius 1 is 1.03 bits per heavy atom. The molecule has 0 spiro atoms. The van der Waals surface area contributed by atoms with E-state index in [0.29, 0.717) is 11.3 Å². The maximum atomic E-state index is 12.2. The number of nitro groups is 1. The highest BCUT2D eigenvalue weighted by molar-refractivity contribution is 5.99. The lowest BCUT2D eigenvalue weighted by Gasteiger charge is -2.07. The van der Waals surface area contributed by atoms with E-state index in [4.69, 9.17) is 9.47 Å². The predicted molar refractivity (Wildman–Crippen MR) is 114 cm³/mol. The van der Waals surface area contributed by atoms with Crippen LogP contribution in [0.15, 0.2) is 42.5 Å². The van der Waals surface area contributed by atoms with Crippen LogP contribution in [0.5, 0.6) is 5.75 Å². The summed E-state index contributed by atoms with van der Waals surface area (Å²) in [5, 5.41) is 13.7. The first-order valence-corrected chi connectivity index (χ1v) is 9.63. The highest BCUT2D eigenvalue weighted by atomic mass is 16.6. The molecule has 2 rings (SSSR count). The fourth-order valence-corrected chi connectivity index (χ4v) is 2.74. The number of methoxy groups -OCH3 is 1. The molecule has 32 heavy (non-hydrogen) atoms. The third-order valence-electron chi connectivity index (χ3n) is 4.40. The number of Topliss-reactive ketones (excluding diaryl/α,β-unsaturated/α-hetero) is 2. The minimum absolute atomic E-state index is 0.00911. The van der Waals surface area contributed by atoms with Crippen molar-refractivity contribution in [1.29, 1.82) is 0 Å². The summed E-state index contributed by atoms with van der Waals surface area (Å²) in [4.78, 5) is 57.7. The highest BCUT2D eigenvalue weighted by Crippen LogP contribution is 2.27. The summed E-state index contributed by atoms with van der Waals surface area (Å²) >= 11 is 0. The second-order valence-corrected chi connectivity index (χ2v) is 6.77. The molecule has 0 aromatic heterocycles. The molecule has 2 aromatic rings. The summed E-state index contributed by atoms with van der Waals surface area (Å²) in [6.45, 7) is 0.847. The van der Waals surface area contributed by atoms with E-state index in [9.17, 15) is 29.3 Å². The Morgan fingerprint density at radius 3 is 2.44 bits per heavy atom. The Kier molecular flexibility index (Phi) is 8.58. The quantitative estimate of drug-likeness (QED) is 0.242. The molecule has 0 saturated carbocycles. The lowest BCUT2D eigenvalue weighted by Crippen LogP contribution is -2.16. The number of ketones is 2. The summed E-state index contributed by atoms with van der Waals surface area (Å²) in [6.07, 6.45) is 0.147. The van der Waals surface area contributed by atoms with Gasteiger partial charge < -0.3 is 14.8 Å². The Hall–Kier alpha value is -4.08. The molecular weight excluding hydrogens is 420 g/mol. The van der Waals surface area contributed by atoms with E-state index < -0.39 is 23.3 Å². The van der Waals surface area contributed by atoms with Gasteiger partial charge in [0.2, 0.25) is 11.7 Å². The average molecular weight is 442 g/mol. The first-order valence-electron chi connectivity index (χ1n) is 9.63. The van der Waals surface area contributed by atoms with E-state index in [1.54, 1.807) is 24.3 Å². The fourth-order valence-electron chi connectivity index (χ4n) is 2.74. The van der Waals surface area contributed by atoms with E-state index in [2.05, 4.69) is 5.32 Å². The van der Waals surface area contributed by atoms with E-state index in [1.807, 2.05) is 0 Å². The monoisotopic (exact) mass is 442 g/mol. The van der Waals surface area contributed by atoms with Crippen molar-refractivity contribution >= 4 is 34.8 Å². The van der Waals surface area contributed by atoms with Gasteiger partial charge in [-0.1, -0.05) is 12.1 Å². The normalized spacial score (nSPS) is 10.2. The maximum Gasteiger partial charge on any atom is 0.311 e. The topological polar surface area (TPSA) is 142 Å². The summed E-state index contributed by atoms with van der Waals surface area (Å²) in [5.74, 6) is -1.72. The lowest BCUT2D eigenvalue weighted by molar-refractivity contribution is -0.385. The molecule has 0 heterocycles. The summed E-state index contributed by atoms with van der Waals surface area (Å²) in [7, 11) is 1.27. The Morgan fingerprint density at radius 2 is 1.78 bits per heavy atom.